The van der Waals surface area contributed by atoms with Gasteiger partial charge in [-0.15, -0.1) is 0 Å². The predicted molar refractivity (Wildman–Crippen MR) is 82.5 cm³/mol. The molecule has 1 N–H and O–H groups in total. The van der Waals surface area contributed by atoms with Crippen molar-refractivity contribution < 1.29 is 19.1 Å². The fourth-order valence-corrected chi connectivity index (χ4v) is 3.11. The Labute approximate surface area is 134 Å². The average molecular weight is 316 g/mol. The molecule has 2 heterocycles. The minimum atomic E-state index is -0.577. The number of nitrogens with one attached hydrogen (secondary N) is 1. The van der Waals surface area contributed by atoms with Gasteiger partial charge >= 0.3 is 6.09 Å². The Morgan fingerprint density at radius 3 is 2.83 bits per heavy atom. The van der Waals surface area contributed by atoms with Gasteiger partial charge in [-0.3, -0.25) is 9.59 Å². The van der Waals surface area contributed by atoms with Gasteiger partial charge in [0.2, 0.25) is 11.8 Å². The summed E-state index contributed by atoms with van der Waals surface area (Å²) in [6, 6.07) is 9.45. The lowest BCUT2D eigenvalue weighted by molar-refractivity contribution is -0.133. The molecule has 0 spiro atoms. The number of carbonyl (C=O) groups is 3. The maximum atomic E-state index is 12.7. The molecule has 6 heteroatoms. The zero-order valence-corrected chi connectivity index (χ0v) is 12.9. The first kappa shape index (κ1) is 15.5. The molecular formula is C17H20N2O4. The van der Waals surface area contributed by atoms with E-state index in [0.29, 0.717) is 32.2 Å². The molecule has 2 aliphatic rings. The van der Waals surface area contributed by atoms with E-state index >= 15 is 0 Å². The molecule has 0 unspecified atom stereocenters. The summed E-state index contributed by atoms with van der Waals surface area (Å²) in [7, 11) is 0. The summed E-state index contributed by atoms with van der Waals surface area (Å²) in [5.41, 5.74) is 1.06. The first-order valence-electron chi connectivity index (χ1n) is 7.95. The number of amides is 3. The van der Waals surface area contributed by atoms with Crippen LogP contribution in [0.25, 0.3) is 0 Å². The topological polar surface area (TPSA) is 75.7 Å². The highest BCUT2D eigenvalue weighted by Gasteiger charge is 2.41. The monoisotopic (exact) mass is 316 g/mol. The number of hydrogen-bond donors (Lipinski definition) is 1. The summed E-state index contributed by atoms with van der Waals surface area (Å²) in [6.45, 7) is 0.512. The Bertz CT molecular complexity index is 602. The lowest BCUT2D eigenvalue weighted by Crippen LogP contribution is -2.45. The number of ether oxygens (including phenoxy) is 1. The minimum Gasteiger partial charge on any atom is -0.447 e. The zero-order valence-electron chi connectivity index (χ0n) is 12.9. The fraction of sp³-hybridized carbons (Fsp3) is 0.471. The molecule has 1 aromatic carbocycles. The van der Waals surface area contributed by atoms with Crippen molar-refractivity contribution in [1.82, 2.24) is 10.2 Å². The molecule has 1 aromatic rings. The van der Waals surface area contributed by atoms with Gasteiger partial charge < -0.3 is 10.1 Å². The van der Waals surface area contributed by atoms with E-state index in [9.17, 15) is 14.4 Å². The number of nitrogens with zero attached hydrogens (tertiary/aromatic N) is 1. The number of cyclic esters (lactones) is 1. The third-order valence-corrected chi connectivity index (χ3v) is 4.36. The maximum absolute atomic E-state index is 12.7. The van der Waals surface area contributed by atoms with Crippen molar-refractivity contribution in [2.75, 3.05) is 13.2 Å². The van der Waals surface area contributed by atoms with Crippen molar-refractivity contribution in [3.63, 3.8) is 0 Å². The van der Waals surface area contributed by atoms with Crippen LogP contribution in [-0.2, 0) is 20.7 Å². The van der Waals surface area contributed by atoms with Gasteiger partial charge in [-0.25, -0.2) is 9.69 Å². The van der Waals surface area contributed by atoms with Crippen LogP contribution >= 0.6 is 0 Å². The van der Waals surface area contributed by atoms with Crippen LogP contribution in [0.15, 0.2) is 30.3 Å². The molecule has 0 aromatic heterocycles. The SMILES string of the molecule is O=C1CCC[C@@H](C(=O)N2C(=O)OC[C@H]2Cc2ccccc2)CN1. The van der Waals surface area contributed by atoms with Crippen LogP contribution in [0, 0.1) is 5.92 Å². The first-order valence-corrected chi connectivity index (χ1v) is 7.95. The molecule has 2 saturated heterocycles. The Kier molecular flexibility index (Phi) is 4.60. The Hall–Kier alpha value is -2.37. The number of imide groups is 1. The molecule has 0 bridgehead atoms. The molecule has 122 valence electrons. The van der Waals surface area contributed by atoms with Gasteiger partial charge in [0.1, 0.15) is 6.61 Å². The quantitative estimate of drug-likeness (QED) is 0.917. The fourth-order valence-electron chi connectivity index (χ4n) is 3.11. The minimum absolute atomic E-state index is 0.0369. The summed E-state index contributed by atoms with van der Waals surface area (Å²) in [5, 5.41) is 2.74. The van der Waals surface area contributed by atoms with Gasteiger partial charge in [0.05, 0.1) is 12.0 Å². The maximum Gasteiger partial charge on any atom is 0.416 e. The normalized spacial score (nSPS) is 24.8. The van der Waals surface area contributed by atoms with Gasteiger partial charge in [-0.1, -0.05) is 30.3 Å². The van der Waals surface area contributed by atoms with Crippen LogP contribution in [0.1, 0.15) is 24.8 Å². The van der Waals surface area contributed by atoms with Crippen molar-refractivity contribution in [3.05, 3.63) is 35.9 Å². The highest BCUT2D eigenvalue weighted by atomic mass is 16.6. The van der Waals surface area contributed by atoms with Crippen molar-refractivity contribution >= 4 is 17.9 Å². The van der Waals surface area contributed by atoms with E-state index in [2.05, 4.69) is 5.32 Å². The van der Waals surface area contributed by atoms with Crippen LogP contribution in [-0.4, -0.2) is 42.0 Å². The van der Waals surface area contributed by atoms with Gasteiger partial charge in [0.15, 0.2) is 0 Å². The second-order valence-electron chi connectivity index (χ2n) is 6.02. The van der Waals surface area contributed by atoms with Crippen LogP contribution in [0.2, 0.25) is 0 Å². The molecule has 3 rings (SSSR count). The van der Waals surface area contributed by atoms with Crippen molar-refractivity contribution in [2.45, 2.75) is 31.7 Å². The molecule has 0 saturated carbocycles. The lowest BCUT2D eigenvalue weighted by atomic mass is 9.99. The number of carbonyl (C=O) groups excluding carboxylic acids is 3. The highest BCUT2D eigenvalue weighted by Crippen LogP contribution is 2.22. The van der Waals surface area contributed by atoms with Gasteiger partial charge in [-0.2, -0.15) is 0 Å². The predicted octanol–water partition coefficient (Wildman–Crippen LogP) is 1.49. The second kappa shape index (κ2) is 6.81. The van der Waals surface area contributed by atoms with Crippen LogP contribution in [0.5, 0.6) is 0 Å². The first-order chi connectivity index (χ1) is 11.1. The summed E-state index contributed by atoms with van der Waals surface area (Å²) >= 11 is 0. The van der Waals surface area contributed by atoms with Crippen LogP contribution < -0.4 is 5.32 Å². The van der Waals surface area contributed by atoms with E-state index in [1.165, 1.54) is 4.90 Å². The third kappa shape index (κ3) is 3.52. The van der Waals surface area contributed by atoms with Crippen LogP contribution in [0.4, 0.5) is 4.79 Å². The zero-order chi connectivity index (χ0) is 16.2. The highest BCUT2D eigenvalue weighted by molar-refractivity contribution is 5.95. The average Bonchev–Trinajstić information content (AvgIpc) is 2.77. The van der Waals surface area contributed by atoms with Gasteiger partial charge in [0, 0.05) is 13.0 Å². The molecule has 3 amide bonds. The van der Waals surface area contributed by atoms with Crippen molar-refractivity contribution in [3.8, 4) is 0 Å². The van der Waals surface area contributed by atoms with Crippen LogP contribution in [0.3, 0.4) is 0 Å². The molecule has 0 radical (unpaired) electrons. The third-order valence-electron chi connectivity index (χ3n) is 4.36. The summed E-state index contributed by atoms with van der Waals surface area (Å²) in [5.74, 6) is -0.633. The number of rotatable bonds is 3. The molecule has 23 heavy (non-hydrogen) atoms. The van der Waals surface area contributed by atoms with E-state index < -0.39 is 6.09 Å². The van der Waals surface area contributed by atoms with Gasteiger partial charge in [0.25, 0.3) is 0 Å². The summed E-state index contributed by atoms with van der Waals surface area (Å²) in [6.07, 6.45) is 1.71. The summed E-state index contributed by atoms with van der Waals surface area (Å²) in [4.78, 5) is 37.4. The lowest BCUT2D eigenvalue weighted by Gasteiger charge is -2.24. The Morgan fingerprint density at radius 1 is 1.26 bits per heavy atom. The molecule has 6 nitrogen and oxygen atoms in total. The molecule has 2 aliphatic heterocycles. The largest absolute Gasteiger partial charge is 0.447 e. The molecular weight excluding hydrogens is 296 g/mol. The standard InChI is InChI=1S/C17H20N2O4/c20-15-8-4-7-13(10-18-15)16(21)19-14(11-23-17(19)22)9-12-5-2-1-3-6-12/h1-3,5-6,13-14H,4,7-11H2,(H,18,20)/t13-,14-/m1/s1. The number of hydrogen-bond acceptors (Lipinski definition) is 4. The van der Waals surface area contributed by atoms with E-state index in [1.807, 2.05) is 30.3 Å². The van der Waals surface area contributed by atoms with E-state index in [-0.39, 0.29) is 30.4 Å². The second-order valence-corrected chi connectivity index (χ2v) is 6.02. The number of benzene rings is 1. The van der Waals surface area contributed by atoms with Crippen molar-refractivity contribution in [1.29, 1.82) is 0 Å². The molecule has 0 aliphatic carbocycles. The van der Waals surface area contributed by atoms with Gasteiger partial charge in [-0.05, 0) is 24.8 Å². The summed E-state index contributed by atoms with van der Waals surface area (Å²) < 4.78 is 5.09. The smallest absolute Gasteiger partial charge is 0.416 e. The molecule has 2 fully saturated rings. The van der Waals surface area contributed by atoms with E-state index in [4.69, 9.17) is 4.74 Å². The van der Waals surface area contributed by atoms with E-state index in [0.717, 1.165) is 5.56 Å². The van der Waals surface area contributed by atoms with Crippen molar-refractivity contribution in [2.24, 2.45) is 5.92 Å². The Balaban J connectivity index is 1.71. The molecule has 2 atom stereocenters. The Morgan fingerprint density at radius 2 is 2.04 bits per heavy atom. The van der Waals surface area contributed by atoms with E-state index in [1.54, 1.807) is 0 Å².